The number of carbonyl (C=O) groups excluding carboxylic acids is 2. The number of allylic oxidation sites excluding steroid dienone is 2. The van der Waals surface area contributed by atoms with Gasteiger partial charge in [-0.2, -0.15) is 0 Å². The van der Waals surface area contributed by atoms with E-state index >= 15 is 0 Å². The Bertz CT molecular complexity index is 1840. The van der Waals surface area contributed by atoms with Gasteiger partial charge in [0.1, 0.15) is 23.5 Å². The van der Waals surface area contributed by atoms with Gasteiger partial charge in [0.25, 0.3) is 0 Å². The molecule has 4 fully saturated rings. The molecular weight excluding hydrogens is 608 g/mol. The largest absolute Gasteiger partial charge is 0.472 e. The van der Waals surface area contributed by atoms with Crippen molar-refractivity contribution in [3.63, 3.8) is 0 Å². The second kappa shape index (κ2) is 10.2. The van der Waals surface area contributed by atoms with Crippen LogP contribution in [0.25, 0.3) is 5.69 Å². The van der Waals surface area contributed by atoms with E-state index in [4.69, 9.17) is 23.9 Å². The summed E-state index contributed by atoms with van der Waals surface area (Å²) in [6, 6.07) is 10.1. The molecule has 1 aliphatic heterocycles. The van der Waals surface area contributed by atoms with Crippen molar-refractivity contribution in [1.29, 1.82) is 0 Å². The van der Waals surface area contributed by atoms with E-state index in [1.54, 1.807) is 23.3 Å². The van der Waals surface area contributed by atoms with Crippen molar-refractivity contribution >= 4 is 17.5 Å². The molecule has 252 valence electrons. The molecule has 4 aliphatic carbocycles. The molecule has 2 aromatic heterocycles. The highest BCUT2D eigenvalue weighted by Gasteiger charge is 2.89. The van der Waals surface area contributed by atoms with Crippen molar-refractivity contribution in [2.75, 3.05) is 0 Å². The van der Waals surface area contributed by atoms with Crippen molar-refractivity contribution in [1.82, 2.24) is 15.0 Å². The van der Waals surface area contributed by atoms with E-state index < -0.39 is 27.9 Å². The number of aryl methyl sites for hydroxylation is 1. The normalized spacial score (nSPS) is 39.7. The number of esters is 1. The maximum absolute atomic E-state index is 13.2. The van der Waals surface area contributed by atoms with Gasteiger partial charge < -0.3 is 18.7 Å². The predicted molar refractivity (Wildman–Crippen MR) is 176 cm³/mol. The second-order valence-electron chi connectivity index (χ2n) is 16.0. The van der Waals surface area contributed by atoms with Gasteiger partial charge in [0.05, 0.1) is 30.1 Å². The monoisotopic (exact) mass is 652 g/mol. The number of hydrogen-bond donors (Lipinski definition) is 0. The SMILES string of the molecule is CC(=O)O[C@@H]1C[C@H]2C(C)(C)C(=O)C=C[C@]2(C)[C@H]2CC[C@@]3(C)[C@H](c4ccoc4)/C(=N\OCc4cn(-c5ccc(C)cc5)nn4)[C@H]4O[C@]43[C@@]21C. The van der Waals surface area contributed by atoms with Gasteiger partial charge in [-0.15, -0.1) is 5.10 Å². The number of rotatable bonds is 6. The molecule has 10 heteroatoms. The van der Waals surface area contributed by atoms with E-state index in [0.29, 0.717) is 12.1 Å². The zero-order valence-electron chi connectivity index (χ0n) is 28.7. The molecule has 8 rings (SSSR count). The third kappa shape index (κ3) is 3.98. The fourth-order valence-corrected chi connectivity index (χ4v) is 11.0. The zero-order valence-corrected chi connectivity index (χ0v) is 28.7. The number of ether oxygens (including phenoxy) is 2. The maximum atomic E-state index is 13.2. The number of oxime groups is 1. The Balaban J connectivity index is 1.17. The molecule has 1 saturated heterocycles. The summed E-state index contributed by atoms with van der Waals surface area (Å²) in [5.41, 5.74) is 2.08. The summed E-state index contributed by atoms with van der Waals surface area (Å²) in [5.74, 6) is -0.212. The lowest BCUT2D eigenvalue weighted by molar-refractivity contribution is -0.231. The Morgan fingerprint density at radius 3 is 2.58 bits per heavy atom. The molecule has 1 spiro atoms. The molecule has 0 unspecified atom stereocenters. The van der Waals surface area contributed by atoms with Gasteiger partial charge in [-0.1, -0.05) is 68.8 Å². The first-order valence-electron chi connectivity index (χ1n) is 17.1. The lowest BCUT2D eigenvalue weighted by Crippen LogP contribution is -2.70. The Morgan fingerprint density at radius 2 is 1.88 bits per heavy atom. The number of fused-ring (bicyclic) bond motifs is 3. The Morgan fingerprint density at radius 1 is 1.10 bits per heavy atom. The van der Waals surface area contributed by atoms with Crippen molar-refractivity contribution in [3.05, 3.63) is 78.0 Å². The van der Waals surface area contributed by atoms with Gasteiger partial charge in [0.2, 0.25) is 0 Å². The van der Waals surface area contributed by atoms with Crippen LogP contribution in [0.1, 0.15) is 83.5 Å². The van der Waals surface area contributed by atoms with Crippen LogP contribution in [0.2, 0.25) is 0 Å². The highest BCUT2D eigenvalue weighted by Crippen LogP contribution is 2.81. The molecule has 48 heavy (non-hydrogen) atoms. The molecule has 0 N–H and O–H groups in total. The lowest BCUT2D eigenvalue weighted by Gasteiger charge is -2.67. The van der Waals surface area contributed by atoms with E-state index in [-0.39, 0.29) is 47.6 Å². The van der Waals surface area contributed by atoms with Gasteiger partial charge >= 0.3 is 5.97 Å². The molecule has 1 aromatic carbocycles. The number of furan rings is 1. The smallest absolute Gasteiger partial charge is 0.302 e. The van der Waals surface area contributed by atoms with Crippen LogP contribution in [-0.4, -0.2) is 50.3 Å². The Hall–Kier alpha value is -4.05. The molecule has 3 aromatic rings. The van der Waals surface area contributed by atoms with E-state index in [2.05, 4.69) is 37.2 Å². The molecule has 0 radical (unpaired) electrons. The summed E-state index contributed by atoms with van der Waals surface area (Å²) in [7, 11) is 0. The van der Waals surface area contributed by atoms with Gasteiger partial charge in [-0.3, -0.25) is 9.59 Å². The van der Waals surface area contributed by atoms with E-state index in [0.717, 1.165) is 29.8 Å². The number of nitrogens with zero attached hydrogens (tertiary/aromatic N) is 4. The molecule has 9 atom stereocenters. The maximum Gasteiger partial charge on any atom is 0.302 e. The molecular formula is C38H44N4O6. The van der Waals surface area contributed by atoms with Crippen molar-refractivity contribution in [2.45, 2.75) is 98.1 Å². The van der Waals surface area contributed by atoms with E-state index in [1.807, 2.05) is 57.3 Å². The summed E-state index contributed by atoms with van der Waals surface area (Å²) < 4.78 is 20.7. The summed E-state index contributed by atoms with van der Waals surface area (Å²) in [4.78, 5) is 32.1. The van der Waals surface area contributed by atoms with Crippen LogP contribution in [0.15, 0.2) is 70.8 Å². The predicted octanol–water partition coefficient (Wildman–Crippen LogP) is 6.52. The zero-order chi connectivity index (χ0) is 33.9. The first kappa shape index (κ1) is 31.2. The molecule has 5 aliphatic rings. The van der Waals surface area contributed by atoms with E-state index in [9.17, 15) is 9.59 Å². The highest BCUT2D eigenvalue weighted by molar-refractivity contribution is 6.02. The van der Waals surface area contributed by atoms with Crippen LogP contribution >= 0.6 is 0 Å². The quantitative estimate of drug-likeness (QED) is 0.168. The Kier molecular flexibility index (Phi) is 6.66. The first-order valence-corrected chi connectivity index (χ1v) is 17.1. The Labute approximate surface area is 280 Å². The number of aromatic nitrogens is 3. The van der Waals surface area contributed by atoms with Crippen LogP contribution < -0.4 is 0 Å². The average molecular weight is 653 g/mol. The topological polar surface area (TPSA) is 121 Å². The summed E-state index contributed by atoms with van der Waals surface area (Å²) in [6.45, 7) is 14.6. The van der Waals surface area contributed by atoms with Gasteiger partial charge in [0, 0.05) is 29.1 Å². The van der Waals surface area contributed by atoms with Gasteiger partial charge in [-0.25, -0.2) is 4.68 Å². The average Bonchev–Trinajstić information content (AvgIpc) is 3.31. The fourth-order valence-electron chi connectivity index (χ4n) is 11.0. The third-order valence-corrected chi connectivity index (χ3v) is 13.3. The van der Waals surface area contributed by atoms with Crippen molar-refractivity contribution in [2.24, 2.45) is 38.7 Å². The van der Waals surface area contributed by atoms with Crippen molar-refractivity contribution in [3.8, 4) is 5.69 Å². The minimum atomic E-state index is -0.671. The minimum Gasteiger partial charge on any atom is -0.472 e. The van der Waals surface area contributed by atoms with Crippen LogP contribution in [0.3, 0.4) is 0 Å². The molecule has 0 amide bonds. The van der Waals surface area contributed by atoms with Gasteiger partial charge in [-0.05, 0) is 73.3 Å². The first-order chi connectivity index (χ1) is 22.8. The van der Waals surface area contributed by atoms with Crippen LogP contribution in [-0.2, 0) is 30.5 Å². The number of carbonyl (C=O) groups is 2. The molecule has 3 saturated carbocycles. The second-order valence-corrected chi connectivity index (χ2v) is 16.0. The number of benzene rings is 1. The molecule has 3 heterocycles. The van der Waals surface area contributed by atoms with E-state index in [1.165, 1.54) is 12.5 Å². The van der Waals surface area contributed by atoms with Crippen LogP contribution in [0.4, 0.5) is 0 Å². The standard InChI is InChI=1S/C38H44N4O6/c1-22-8-10-26(11-9-22)42-19-25(39-41-42)21-46-40-32-31(24-14-17-45-20-24)36(6)16-12-27-35(5)15-13-29(44)34(3,4)28(35)18-30(47-23(2)43)37(27,7)38(36)33(32)48-38/h8-11,13-15,17,19-20,27-28,30-31,33H,12,16,18,21H2,1-7H3/b40-32+/t27-,28+,30-,31-,33-,35-,36+,37+,38-/m1/s1. The summed E-state index contributed by atoms with van der Waals surface area (Å²) in [5, 5.41) is 13.4. The number of epoxide rings is 1. The van der Waals surface area contributed by atoms with Crippen LogP contribution in [0, 0.1) is 40.4 Å². The summed E-state index contributed by atoms with van der Waals surface area (Å²) in [6.07, 6.45) is 10.8. The fraction of sp³-hybridized carbons (Fsp3) is 0.553. The molecule has 10 nitrogen and oxygen atoms in total. The number of hydrogen-bond acceptors (Lipinski definition) is 9. The van der Waals surface area contributed by atoms with Crippen LogP contribution in [0.5, 0.6) is 0 Å². The van der Waals surface area contributed by atoms with Gasteiger partial charge in [0.15, 0.2) is 12.4 Å². The number of ketones is 1. The van der Waals surface area contributed by atoms with Crippen molar-refractivity contribution < 1.29 is 28.3 Å². The lowest BCUT2D eigenvalue weighted by atomic mass is 9.36. The summed E-state index contributed by atoms with van der Waals surface area (Å²) >= 11 is 0. The molecule has 0 bridgehead atoms. The minimum absolute atomic E-state index is 0.0127. The highest BCUT2D eigenvalue weighted by atomic mass is 16.6. The third-order valence-electron chi connectivity index (χ3n) is 13.3.